The number of hydrogen-bond donors (Lipinski definition) is 4. The molecule has 7 heteroatoms. The summed E-state index contributed by atoms with van der Waals surface area (Å²) in [6.45, 7) is 0. The number of aromatic nitrogens is 2. The van der Waals surface area contributed by atoms with Crippen molar-refractivity contribution in [1.82, 2.24) is 9.71 Å². The van der Waals surface area contributed by atoms with Gasteiger partial charge in [-0.05, 0) is 35.4 Å². The maximum atomic E-state index is 10.4. The quantitative estimate of drug-likeness (QED) is 0.147. The molecule has 27 heavy (non-hydrogen) atoms. The second-order valence-corrected chi connectivity index (χ2v) is 6.03. The van der Waals surface area contributed by atoms with Gasteiger partial charge in [0.25, 0.3) is 0 Å². The molecule has 0 aliphatic carbocycles. The van der Waals surface area contributed by atoms with Gasteiger partial charge in [0.05, 0.1) is 11.1 Å². The van der Waals surface area contributed by atoms with Crippen molar-refractivity contribution < 1.29 is 15.5 Å². The number of hydrogen-bond acceptors (Lipinski definition) is 5. The van der Waals surface area contributed by atoms with Gasteiger partial charge in [-0.15, -0.1) is 0 Å². The number of amidine groups is 1. The third-order valence-corrected chi connectivity index (χ3v) is 4.40. The summed E-state index contributed by atoms with van der Waals surface area (Å²) >= 11 is 0. The van der Waals surface area contributed by atoms with Crippen LogP contribution in [-0.4, -0.2) is 31.1 Å². The Kier molecular flexibility index (Phi) is 3.89. The van der Waals surface area contributed by atoms with Crippen molar-refractivity contribution >= 4 is 16.9 Å². The molecule has 0 spiro atoms. The minimum absolute atomic E-state index is 0.0117. The van der Waals surface area contributed by atoms with E-state index in [4.69, 9.17) is 10.9 Å². The van der Waals surface area contributed by atoms with Crippen LogP contribution in [0.4, 0.5) is 0 Å². The zero-order valence-electron chi connectivity index (χ0n) is 14.1. The number of nitrogens with two attached hydrogens (primary N) is 1. The number of nitrogens with zero attached hydrogens (tertiary/aromatic N) is 3. The fourth-order valence-electron chi connectivity index (χ4n) is 2.97. The van der Waals surface area contributed by atoms with Crippen molar-refractivity contribution in [3.8, 4) is 28.3 Å². The minimum Gasteiger partial charge on any atom is -0.507 e. The van der Waals surface area contributed by atoms with Crippen LogP contribution >= 0.6 is 0 Å². The van der Waals surface area contributed by atoms with E-state index in [0.717, 1.165) is 15.9 Å². The van der Waals surface area contributed by atoms with Crippen LogP contribution in [0.1, 0.15) is 5.56 Å². The van der Waals surface area contributed by atoms with E-state index in [-0.39, 0.29) is 17.4 Å². The van der Waals surface area contributed by atoms with E-state index >= 15 is 0 Å². The van der Waals surface area contributed by atoms with Gasteiger partial charge in [-0.2, -0.15) is 4.73 Å². The number of phenols is 1. The fourth-order valence-corrected chi connectivity index (χ4v) is 2.97. The van der Waals surface area contributed by atoms with Gasteiger partial charge in [0.1, 0.15) is 11.3 Å². The smallest absolute Gasteiger partial charge is 0.180 e. The van der Waals surface area contributed by atoms with Crippen molar-refractivity contribution in [2.24, 2.45) is 10.9 Å². The summed E-state index contributed by atoms with van der Waals surface area (Å²) in [7, 11) is 0. The van der Waals surface area contributed by atoms with Gasteiger partial charge >= 0.3 is 0 Å². The highest BCUT2D eigenvalue weighted by molar-refractivity contribution is 5.97. The van der Waals surface area contributed by atoms with Crippen LogP contribution in [0, 0.1) is 0 Å². The fraction of sp³-hybridized carbons (Fsp3) is 0. The third kappa shape index (κ3) is 2.81. The molecule has 0 radical (unpaired) electrons. The van der Waals surface area contributed by atoms with Crippen LogP contribution in [0.15, 0.2) is 71.9 Å². The number of fused-ring (bicyclic) bond motifs is 1. The first-order chi connectivity index (χ1) is 13.1. The molecule has 0 amide bonds. The van der Waals surface area contributed by atoms with Gasteiger partial charge in [0.15, 0.2) is 11.7 Å². The molecule has 0 saturated carbocycles. The molecule has 0 aliphatic heterocycles. The van der Waals surface area contributed by atoms with Crippen LogP contribution < -0.4 is 5.73 Å². The maximum absolute atomic E-state index is 10.4. The summed E-state index contributed by atoms with van der Waals surface area (Å²) in [6.07, 6.45) is 0. The molecular formula is C20H16N4O3. The Labute approximate surface area is 154 Å². The molecule has 0 unspecified atom stereocenters. The zero-order valence-corrected chi connectivity index (χ0v) is 14.1. The molecule has 0 atom stereocenters. The number of oxime groups is 1. The average molecular weight is 360 g/mol. The van der Waals surface area contributed by atoms with Crippen molar-refractivity contribution in [2.75, 3.05) is 0 Å². The van der Waals surface area contributed by atoms with Crippen molar-refractivity contribution in [1.29, 1.82) is 0 Å². The second-order valence-electron chi connectivity index (χ2n) is 6.03. The molecule has 0 bridgehead atoms. The van der Waals surface area contributed by atoms with Crippen LogP contribution in [0.3, 0.4) is 0 Å². The van der Waals surface area contributed by atoms with Crippen LogP contribution in [0.5, 0.6) is 5.75 Å². The van der Waals surface area contributed by atoms with E-state index in [1.54, 1.807) is 48.5 Å². The standard InChI is InChI=1S/C20H16N4O3/c21-19(23-26)13-7-5-12(6-8-13)14-9-10-18(25)15(11-14)20-22-16-3-1-2-4-17(16)24(20)27/h1-11,25-27H,(H2,21,23). The van der Waals surface area contributed by atoms with Gasteiger partial charge in [-0.25, -0.2) is 4.98 Å². The molecule has 0 saturated heterocycles. The van der Waals surface area contributed by atoms with E-state index in [0.29, 0.717) is 22.2 Å². The first-order valence-electron chi connectivity index (χ1n) is 8.17. The molecule has 1 heterocycles. The van der Waals surface area contributed by atoms with Crippen molar-refractivity contribution in [2.45, 2.75) is 0 Å². The SMILES string of the molecule is N/C(=N\O)c1ccc(-c2ccc(O)c(-c3nc4ccccc4n3O)c2)cc1. The molecule has 4 aromatic rings. The number of benzene rings is 3. The molecule has 0 fully saturated rings. The monoisotopic (exact) mass is 360 g/mol. The first-order valence-corrected chi connectivity index (χ1v) is 8.17. The zero-order chi connectivity index (χ0) is 19.0. The molecule has 4 rings (SSSR count). The highest BCUT2D eigenvalue weighted by Crippen LogP contribution is 2.34. The molecule has 1 aromatic heterocycles. The minimum atomic E-state index is 0.0117. The predicted octanol–water partition coefficient (Wildman–Crippen LogP) is 3.41. The molecule has 0 aliphatic rings. The van der Waals surface area contributed by atoms with Gasteiger partial charge in [-0.1, -0.05) is 47.6 Å². The van der Waals surface area contributed by atoms with E-state index in [1.807, 2.05) is 18.2 Å². The van der Waals surface area contributed by atoms with E-state index in [9.17, 15) is 10.3 Å². The summed E-state index contributed by atoms with van der Waals surface area (Å²) in [6, 6.07) is 19.4. The molecule has 7 nitrogen and oxygen atoms in total. The summed E-state index contributed by atoms with van der Waals surface area (Å²) in [5.41, 5.74) is 9.46. The Morgan fingerprint density at radius 3 is 2.37 bits per heavy atom. The Morgan fingerprint density at radius 2 is 1.67 bits per heavy atom. The molecule has 3 aromatic carbocycles. The van der Waals surface area contributed by atoms with E-state index in [1.165, 1.54) is 0 Å². The normalized spacial score (nSPS) is 11.8. The lowest BCUT2D eigenvalue weighted by Gasteiger charge is -2.08. The summed E-state index contributed by atoms with van der Waals surface area (Å²) in [5.74, 6) is 0.295. The second kappa shape index (κ2) is 6.38. The van der Waals surface area contributed by atoms with E-state index < -0.39 is 0 Å². The highest BCUT2D eigenvalue weighted by Gasteiger charge is 2.16. The number of aromatic hydroxyl groups is 1. The number of phenolic OH excluding ortho intramolecular Hbond substituents is 1. The van der Waals surface area contributed by atoms with Gasteiger partial charge in [0, 0.05) is 5.56 Å². The lowest BCUT2D eigenvalue weighted by molar-refractivity contribution is 0.203. The number of rotatable bonds is 3. The molecule has 134 valence electrons. The number of imidazole rings is 1. The highest BCUT2D eigenvalue weighted by atomic mass is 16.5. The first kappa shape index (κ1) is 16.5. The Morgan fingerprint density at radius 1 is 0.963 bits per heavy atom. The van der Waals surface area contributed by atoms with Crippen molar-refractivity contribution in [3.05, 3.63) is 72.3 Å². The third-order valence-electron chi connectivity index (χ3n) is 4.40. The topological polar surface area (TPSA) is 117 Å². The molecular weight excluding hydrogens is 344 g/mol. The Hall–Kier alpha value is -4.00. The summed E-state index contributed by atoms with van der Waals surface area (Å²) in [5, 5.41) is 32.5. The van der Waals surface area contributed by atoms with Crippen LogP contribution in [0.25, 0.3) is 33.5 Å². The average Bonchev–Trinajstić information content (AvgIpc) is 3.04. The van der Waals surface area contributed by atoms with Crippen LogP contribution in [0.2, 0.25) is 0 Å². The van der Waals surface area contributed by atoms with Gasteiger partial charge in [-0.3, -0.25) is 0 Å². The molecule has 5 N–H and O–H groups in total. The number of para-hydroxylation sites is 2. The predicted molar refractivity (Wildman–Crippen MR) is 102 cm³/mol. The van der Waals surface area contributed by atoms with E-state index in [2.05, 4.69) is 10.1 Å². The lowest BCUT2D eigenvalue weighted by atomic mass is 10.0. The van der Waals surface area contributed by atoms with Gasteiger partial charge < -0.3 is 21.3 Å². The van der Waals surface area contributed by atoms with Crippen molar-refractivity contribution in [3.63, 3.8) is 0 Å². The Bertz CT molecular complexity index is 1160. The lowest BCUT2D eigenvalue weighted by Crippen LogP contribution is -2.12. The summed E-state index contributed by atoms with van der Waals surface area (Å²) in [4.78, 5) is 4.42. The Balaban J connectivity index is 1.81. The van der Waals surface area contributed by atoms with Gasteiger partial charge in [0.2, 0.25) is 0 Å². The van der Waals surface area contributed by atoms with Crippen LogP contribution in [-0.2, 0) is 0 Å². The summed E-state index contributed by atoms with van der Waals surface area (Å²) < 4.78 is 0.968. The maximum Gasteiger partial charge on any atom is 0.180 e. The largest absolute Gasteiger partial charge is 0.507 e.